The fraction of sp³-hybridized carbons (Fsp3) is 0.583. The molecule has 0 aromatic carbocycles. The summed E-state index contributed by atoms with van der Waals surface area (Å²) in [6.07, 6.45) is -2.83. The summed E-state index contributed by atoms with van der Waals surface area (Å²) in [7, 11) is 0. The van der Waals surface area contributed by atoms with Crippen LogP contribution in [0.5, 0.6) is 0 Å². The highest BCUT2D eigenvalue weighted by Gasteiger charge is 2.18. The van der Waals surface area contributed by atoms with Gasteiger partial charge in [0, 0.05) is 0 Å². The number of alkyl carbamates (subject to hydrolysis) is 3. The first-order chi connectivity index (χ1) is 12.7. The lowest BCUT2D eigenvalue weighted by atomic mass is 10.3. The molecule has 0 aliphatic carbocycles. The molecular weight excluding hydrogens is 408 g/mol. The average Bonchev–Trinajstić information content (AvgIpc) is 2.60. The van der Waals surface area contributed by atoms with Crippen LogP contribution in [0.3, 0.4) is 0 Å². The van der Waals surface area contributed by atoms with Gasteiger partial charge in [-0.25, -0.2) is 20.3 Å². The number of carbonyl (C=O) groups is 5. The van der Waals surface area contributed by atoms with Gasteiger partial charge in [-0.2, -0.15) is 0 Å². The van der Waals surface area contributed by atoms with E-state index in [-0.39, 0.29) is 26.3 Å². The number of nitrogens with one attached hydrogen (secondary N) is 3. The summed E-state index contributed by atoms with van der Waals surface area (Å²) in [6, 6.07) is -0.994. The number of hydrogen-bond donors (Lipinski definition) is 6. The van der Waals surface area contributed by atoms with E-state index in [1.165, 1.54) is 0 Å². The van der Waals surface area contributed by atoms with Gasteiger partial charge in [-0.3, -0.25) is 9.59 Å². The lowest BCUT2D eigenvalue weighted by Gasteiger charge is -2.18. The Balaban J connectivity index is 4.48. The number of carbonyl (C=O) groups excluding carboxylic acids is 5. The number of thiol groups is 2. The summed E-state index contributed by atoms with van der Waals surface area (Å²) in [5, 5.41) is 5.31. The molecule has 13 nitrogen and oxygen atoms in total. The van der Waals surface area contributed by atoms with Gasteiger partial charge in [0.1, 0.15) is 32.5 Å². The van der Waals surface area contributed by atoms with Crippen molar-refractivity contribution in [3.05, 3.63) is 0 Å². The number of nitrogens with two attached hydrogens (primary N) is 1. The van der Waals surface area contributed by atoms with E-state index in [0.717, 1.165) is 0 Å². The van der Waals surface area contributed by atoms with Crippen molar-refractivity contribution >= 4 is 53.8 Å². The molecule has 0 rings (SSSR count). The molecule has 0 aromatic heterocycles. The van der Waals surface area contributed by atoms with Gasteiger partial charge in [-0.1, -0.05) is 0 Å². The minimum atomic E-state index is -0.994. The van der Waals surface area contributed by atoms with Gasteiger partial charge >= 0.3 is 18.3 Å². The molecule has 0 saturated carbocycles. The van der Waals surface area contributed by atoms with Gasteiger partial charge in [0.25, 0.3) is 0 Å². The Bertz CT molecular complexity index is 501. The summed E-state index contributed by atoms with van der Waals surface area (Å²) >= 11 is 6.92. The standard InChI is InChI=1S/C12H20N4O9S2/c13-25-2-1-22-12(21)16-7(5-23-10(19)14-3-8(17)26)6-24-11(20)15-4-9(18)27/h7H,1-6,13H2,(H,14,19)(H,15,20)(H,16,21)(H,17,26)(H,18,27). The van der Waals surface area contributed by atoms with Crippen molar-refractivity contribution in [3.8, 4) is 0 Å². The number of rotatable bonds is 12. The SMILES string of the molecule is NOCCOC(=O)NC(COC(=O)NCC(=O)S)COC(=O)NCC(=O)S. The molecule has 0 heterocycles. The van der Waals surface area contributed by atoms with Crippen molar-refractivity contribution in [2.75, 3.05) is 39.5 Å². The zero-order valence-electron chi connectivity index (χ0n) is 14.0. The monoisotopic (exact) mass is 428 g/mol. The van der Waals surface area contributed by atoms with Crippen LogP contribution in [0.2, 0.25) is 0 Å². The van der Waals surface area contributed by atoms with Crippen LogP contribution < -0.4 is 21.8 Å². The van der Waals surface area contributed by atoms with Crippen LogP contribution in [0.25, 0.3) is 0 Å². The van der Waals surface area contributed by atoms with Crippen LogP contribution >= 0.6 is 25.3 Å². The minimum Gasteiger partial charge on any atom is -0.447 e. The van der Waals surface area contributed by atoms with Gasteiger partial charge in [0.15, 0.2) is 0 Å². The number of amides is 3. The molecule has 27 heavy (non-hydrogen) atoms. The topological polar surface area (TPSA) is 184 Å². The predicted octanol–water partition coefficient (Wildman–Crippen LogP) is -1.66. The van der Waals surface area contributed by atoms with Gasteiger partial charge in [-0.05, 0) is 0 Å². The fourth-order valence-corrected chi connectivity index (χ4v) is 1.43. The summed E-state index contributed by atoms with van der Waals surface area (Å²) < 4.78 is 14.3. The van der Waals surface area contributed by atoms with E-state index in [1.807, 2.05) is 0 Å². The molecule has 0 saturated heterocycles. The molecule has 154 valence electrons. The van der Waals surface area contributed by atoms with Crippen LogP contribution in [0.1, 0.15) is 0 Å². The van der Waals surface area contributed by atoms with Crippen molar-refractivity contribution in [2.45, 2.75) is 6.04 Å². The lowest BCUT2D eigenvalue weighted by Crippen LogP contribution is -2.45. The maximum absolute atomic E-state index is 11.6. The summed E-state index contributed by atoms with van der Waals surface area (Å²) in [4.78, 5) is 59.9. The zero-order valence-corrected chi connectivity index (χ0v) is 15.8. The van der Waals surface area contributed by atoms with E-state index >= 15 is 0 Å². The highest BCUT2D eigenvalue weighted by atomic mass is 32.1. The Morgan fingerprint density at radius 3 is 1.67 bits per heavy atom. The van der Waals surface area contributed by atoms with Crippen LogP contribution in [0.4, 0.5) is 14.4 Å². The van der Waals surface area contributed by atoms with E-state index in [0.29, 0.717) is 0 Å². The molecule has 15 heteroatoms. The van der Waals surface area contributed by atoms with Crippen molar-refractivity contribution in [1.82, 2.24) is 16.0 Å². The van der Waals surface area contributed by atoms with E-state index in [2.05, 4.69) is 46.0 Å². The van der Waals surface area contributed by atoms with E-state index in [9.17, 15) is 24.0 Å². The molecule has 0 aliphatic rings. The molecular formula is C12H20N4O9S2. The summed E-state index contributed by atoms with van der Waals surface area (Å²) in [5.41, 5.74) is 0. The molecule has 0 fully saturated rings. The average molecular weight is 428 g/mol. The normalized spacial score (nSPS) is 9.93. The third kappa shape index (κ3) is 15.7. The molecule has 0 radical (unpaired) electrons. The first kappa shape index (κ1) is 24.8. The molecule has 0 atom stereocenters. The minimum absolute atomic E-state index is 0.0502. The first-order valence-corrected chi connectivity index (χ1v) is 8.13. The quantitative estimate of drug-likeness (QED) is 0.0909. The Labute approximate surface area is 164 Å². The second-order valence-corrected chi connectivity index (χ2v) is 5.54. The van der Waals surface area contributed by atoms with E-state index in [1.54, 1.807) is 0 Å². The maximum atomic E-state index is 11.6. The van der Waals surface area contributed by atoms with Crippen molar-refractivity contribution in [3.63, 3.8) is 0 Å². The van der Waals surface area contributed by atoms with Crippen molar-refractivity contribution < 1.29 is 43.0 Å². The predicted molar refractivity (Wildman–Crippen MR) is 95.1 cm³/mol. The molecule has 0 aliphatic heterocycles. The third-order valence-corrected chi connectivity index (χ3v) is 2.67. The maximum Gasteiger partial charge on any atom is 0.407 e. The van der Waals surface area contributed by atoms with Crippen LogP contribution in [-0.2, 0) is 28.6 Å². The van der Waals surface area contributed by atoms with Crippen molar-refractivity contribution in [2.24, 2.45) is 5.90 Å². The van der Waals surface area contributed by atoms with Gasteiger partial charge in [-0.15, -0.1) is 25.3 Å². The second-order valence-electron chi connectivity index (χ2n) is 4.54. The summed E-state index contributed by atoms with van der Waals surface area (Å²) in [6.45, 7) is -1.77. The Kier molecular flexibility index (Phi) is 13.7. The van der Waals surface area contributed by atoms with Gasteiger partial charge in [0.05, 0.1) is 13.1 Å². The molecule has 0 bridgehead atoms. The third-order valence-electron chi connectivity index (χ3n) is 2.36. The largest absolute Gasteiger partial charge is 0.447 e. The molecule has 0 aromatic rings. The van der Waals surface area contributed by atoms with Crippen molar-refractivity contribution in [1.29, 1.82) is 0 Å². The molecule has 3 amide bonds. The van der Waals surface area contributed by atoms with E-state index < -0.39 is 47.8 Å². The lowest BCUT2D eigenvalue weighted by molar-refractivity contribution is -0.110. The second kappa shape index (κ2) is 14.9. The first-order valence-electron chi connectivity index (χ1n) is 7.24. The molecule has 0 unspecified atom stereocenters. The Morgan fingerprint density at radius 2 is 1.26 bits per heavy atom. The smallest absolute Gasteiger partial charge is 0.407 e. The molecule has 0 spiro atoms. The van der Waals surface area contributed by atoms with Gasteiger partial charge < -0.3 is 35.0 Å². The highest BCUT2D eigenvalue weighted by Crippen LogP contribution is 1.93. The fourth-order valence-electron chi connectivity index (χ4n) is 1.27. The summed E-state index contributed by atoms with van der Waals surface area (Å²) in [5.74, 6) is 4.78. The zero-order chi connectivity index (χ0) is 20.7. The van der Waals surface area contributed by atoms with Gasteiger partial charge in [0.2, 0.25) is 10.2 Å². The van der Waals surface area contributed by atoms with Crippen LogP contribution in [0.15, 0.2) is 0 Å². The van der Waals surface area contributed by atoms with Crippen LogP contribution in [-0.4, -0.2) is 74.1 Å². The van der Waals surface area contributed by atoms with Crippen LogP contribution in [0, 0.1) is 0 Å². The van der Waals surface area contributed by atoms with E-state index in [4.69, 9.17) is 20.1 Å². The number of hydrogen-bond acceptors (Lipinski definition) is 10. The number of ether oxygens (including phenoxy) is 3. The molecule has 5 N–H and O–H groups in total. The highest BCUT2D eigenvalue weighted by molar-refractivity contribution is 7.96. The Hall–Kier alpha value is -2.23. The Morgan fingerprint density at radius 1 is 0.778 bits per heavy atom.